The van der Waals surface area contributed by atoms with Crippen molar-refractivity contribution in [2.45, 2.75) is 25.2 Å². The largest absolute Gasteiger partial charge is 0.396 e. The second-order valence-corrected chi connectivity index (χ2v) is 4.27. The van der Waals surface area contributed by atoms with Gasteiger partial charge in [-0.3, -0.25) is 0 Å². The quantitative estimate of drug-likeness (QED) is 0.809. The van der Waals surface area contributed by atoms with Crippen LogP contribution in [0, 0.1) is 0 Å². The first kappa shape index (κ1) is 10.6. The molecule has 4 heteroatoms. The summed E-state index contributed by atoms with van der Waals surface area (Å²) in [4.78, 5) is 2.34. The van der Waals surface area contributed by atoms with Gasteiger partial charge in [0.15, 0.2) is 0 Å². The fraction of sp³-hybridized carbons (Fsp3) is 0.727. The van der Waals surface area contributed by atoms with Crippen LogP contribution in [0.25, 0.3) is 0 Å². The third-order valence-corrected chi connectivity index (χ3v) is 3.07. The van der Waals surface area contributed by atoms with E-state index in [-0.39, 0.29) is 6.61 Å². The van der Waals surface area contributed by atoms with Gasteiger partial charge >= 0.3 is 0 Å². The van der Waals surface area contributed by atoms with Crippen LogP contribution in [0.3, 0.4) is 0 Å². The van der Waals surface area contributed by atoms with Crippen LogP contribution >= 0.6 is 0 Å². The molecule has 0 aromatic carbocycles. The van der Waals surface area contributed by atoms with Crippen LogP contribution in [0.15, 0.2) is 10.6 Å². The zero-order valence-electron chi connectivity index (χ0n) is 9.15. The molecule has 1 saturated heterocycles. The highest BCUT2D eigenvalue weighted by atomic mass is 16.5. The van der Waals surface area contributed by atoms with Gasteiger partial charge < -0.3 is 14.5 Å². The van der Waals surface area contributed by atoms with E-state index in [1.807, 2.05) is 6.07 Å². The number of piperidine rings is 1. The molecule has 1 fully saturated rings. The molecule has 0 atom stereocenters. The monoisotopic (exact) mass is 210 g/mol. The van der Waals surface area contributed by atoms with Gasteiger partial charge in [0.1, 0.15) is 5.76 Å². The summed E-state index contributed by atoms with van der Waals surface area (Å²) in [5, 5.41) is 12.9. The number of aliphatic hydroxyl groups is 1. The van der Waals surface area contributed by atoms with E-state index in [9.17, 15) is 0 Å². The van der Waals surface area contributed by atoms with Crippen molar-refractivity contribution >= 4 is 0 Å². The molecule has 2 rings (SSSR count). The van der Waals surface area contributed by atoms with Gasteiger partial charge in [-0.25, -0.2) is 0 Å². The van der Waals surface area contributed by atoms with Crippen LogP contribution in [0.5, 0.6) is 0 Å². The predicted octanol–water partition coefficient (Wildman–Crippen LogP) is 1.02. The molecule has 84 valence electrons. The lowest BCUT2D eigenvalue weighted by Gasteiger charge is -2.27. The first-order chi connectivity index (χ1) is 7.29. The Labute approximate surface area is 89.9 Å². The van der Waals surface area contributed by atoms with E-state index in [4.69, 9.17) is 9.63 Å². The first-order valence-corrected chi connectivity index (χ1v) is 5.54. The maximum absolute atomic E-state index is 8.78. The van der Waals surface area contributed by atoms with Crippen LogP contribution in [0.1, 0.15) is 30.2 Å². The van der Waals surface area contributed by atoms with Gasteiger partial charge in [0.05, 0.1) is 12.3 Å². The van der Waals surface area contributed by atoms with Crippen LogP contribution in [-0.2, 0) is 6.42 Å². The normalized spacial score (nSPS) is 19.6. The number of aromatic nitrogens is 1. The Morgan fingerprint density at radius 3 is 2.93 bits per heavy atom. The van der Waals surface area contributed by atoms with Gasteiger partial charge in [-0.05, 0) is 33.0 Å². The zero-order chi connectivity index (χ0) is 10.7. The summed E-state index contributed by atoms with van der Waals surface area (Å²) in [7, 11) is 2.15. The Morgan fingerprint density at radius 1 is 1.53 bits per heavy atom. The van der Waals surface area contributed by atoms with Gasteiger partial charge in [-0.15, -0.1) is 0 Å². The molecular weight excluding hydrogens is 192 g/mol. The second-order valence-electron chi connectivity index (χ2n) is 4.27. The molecule has 4 nitrogen and oxygen atoms in total. The smallest absolute Gasteiger partial charge is 0.139 e. The zero-order valence-corrected chi connectivity index (χ0v) is 9.15. The van der Waals surface area contributed by atoms with Gasteiger partial charge in [-0.2, -0.15) is 0 Å². The average molecular weight is 210 g/mol. The molecule has 1 aliphatic heterocycles. The molecule has 0 radical (unpaired) electrons. The van der Waals surface area contributed by atoms with E-state index in [0.29, 0.717) is 12.3 Å². The Morgan fingerprint density at radius 2 is 2.27 bits per heavy atom. The molecule has 1 aliphatic rings. The highest BCUT2D eigenvalue weighted by Crippen LogP contribution is 2.26. The topological polar surface area (TPSA) is 49.5 Å². The minimum Gasteiger partial charge on any atom is -0.396 e. The SMILES string of the molecule is CN1CCC(c2cc(CCO)on2)CC1. The predicted molar refractivity (Wildman–Crippen MR) is 56.8 cm³/mol. The van der Waals surface area contributed by atoms with Crippen molar-refractivity contribution in [1.82, 2.24) is 10.1 Å². The summed E-state index contributed by atoms with van der Waals surface area (Å²) in [5.41, 5.74) is 1.06. The number of hydrogen-bond donors (Lipinski definition) is 1. The van der Waals surface area contributed by atoms with E-state index in [1.165, 1.54) is 0 Å². The van der Waals surface area contributed by atoms with E-state index < -0.39 is 0 Å². The lowest BCUT2D eigenvalue weighted by Crippen LogP contribution is -2.29. The summed E-state index contributed by atoms with van der Waals surface area (Å²) >= 11 is 0. The van der Waals surface area contributed by atoms with Crippen LogP contribution in [0.4, 0.5) is 0 Å². The molecule has 0 unspecified atom stereocenters. The third kappa shape index (κ3) is 2.58. The van der Waals surface area contributed by atoms with Gasteiger partial charge in [0, 0.05) is 18.4 Å². The van der Waals surface area contributed by atoms with Crippen LogP contribution in [-0.4, -0.2) is 41.9 Å². The summed E-state index contributed by atoms with van der Waals surface area (Å²) in [6, 6.07) is 1.99. The molecule has 1 N–H and O–H groups in total. The van der Waals surface area contributed by atoms with Crippen molar-refractivity contribution in [2.75, 3.05) is 26.7 Å². The van der Waals surface area contributed by atoms with Crippen LogP contribution in [0.2, 0.25) is 0 Å². The number of aliphatic hydroxyl groups excluding tert-OH is 1. The Hall–Kier alpha value is -0.870. The third-order valence-electron chi connectivity index (χ3n) is 3.07. The maximum atomic E-state index is 8.78. The molecular formula is C11H18N2O2. The minimum absolute atomic E-state index is 0.127. The standard InChI is InChI=1S/C11H18N2O2/c1-13-5-2-9(3-6-13)11-8-10(4-7-14)15-12-11/h8-9,14H,2-7H2,1H3. The van der Waals surface area contributed by atoms with Crippen molar-refractivity contribution in [3.05, 3.63) is 17.5 Å². The lowest BCUT2D eigenvalue weighted by atomic mass is 9.94. The van der Waals surface area contributed by atoms with Crippen molar-refractivity contribution in [2.24, 2.45) is 0 Å². The first-order valence-electron chi connectivity index (χ1n) is 5.54. The molecule has 0 spiro atoms. The number of hydrogen-bond acceptors (Lipinski definition) is 4. The van der Waals surface area contributed by atoms with Gasteiger partial charge in [0.25, 0.3) is 0 Å². The summed E-state index contributed by atoms with van der Waals surface area (Å²) < 4.78 is 5.16. The van der Waals surface area contributed by atoms with E-state index in [0.717, 1.165) is 37.4 Å². The molecule has 1 aromatic heterocycles. The van der Waals surface area contributed by atoms with Crippen molar-refractivity contribution in [3.63, 3.8) is 0 Å². The summed E-state index contributed by atoms with van der Waals surface area (Å²) in [6.07, 6.45) is 2.88. The van der Waals surface area contributed by atoms with E-state index >= 15 is 0 Å². The maximum Gasteiger partial charge on any atom is 0.139 e. The summed E-state index contributed by atoms with van der Waals surface area (Å²) in [6.45, 7) is 2.39. The fourth-order valence-corrected chi connectivity index (χ4v) is 2.05. The Bertz CT molecular complexity index is 303. The van der Waals surface area contributed by atoms with Crippen molar-refractivity contribution in [1.29, 1.82) is 0 Å². The molecule has 0 saturated carbocycles. The number of nitrogens with zero attached hydrogens (tertiary/aromatic N) is 2. The van der Waals surface area contributed by atoms with Gasteiger partial charge in [-0.1, -0.05) is 5.16 Å². The number of rotatable bonds is 3. The molecule has 2 heterocycles. The van der Waals surface area contributed by atoms with E-state index in [2.05, 4.69) is 17.1 Å². The molecule has 15 heavy (non-hydrogen) atoms. The molecule has 1 aromatic rings. The Kier molecular flexibility index (Phi) is 3.38. The van der Waals surface area contributed by atoms with Crippen LogP contribution < -0.4 is 0 Å². The molecule has 0 amide bonds. The molecule has 0 bridgehead atoms. The fourth-order valence-electron chi connectivity index (χ4n) is 2.05. The lowest BCUT2D eigenvalue weighted by molar-refractivity contribution is 0.247. The second kappa shape index (κ2) is 4.77. The summed E-state index contributed by atoms with van der Waals surface area (Å²) in [5.74, 6) is 1.34. The van der Waals surface area contributed by atoms with Crippen molar-refractivity contribution in [3.8, 4) is 0 Å². The van der Waals surface area contributed by atoms with Crippen molar-refractivity contribution < 1.29 is 9.63 Å². The highest BCUT2D eigenvalue weighted by Gasteiger charge is 2.21. The Balaban J connectivity index is 1.96. The molecule has 0 aliphatic carbocycles. The van der Waals surface area contributed by atoms with E-state index in [1.54, 1.807) is 0 Å². The highest BCUT2D eigenvalue weighted by molar-refractivity contribution is 5.11. The van der Waals surface area contributed by atoms with Gasteiger partial charge in [0.2, 0.25) is 0 Å². The minimum atomic E-state index is 0.127. The number of likely N-dealkylation sites (tertiary alicyclic amines) is 1. The average Bonchev–Trinajstić information content (AvgIpc) is 2.68.